The third kappa shape index (κ3) is 31.6. The third-order valence-corrected chi connectivity index (χ3v) is 1.75. The van der Waals surface area contributed by atoms with Crippen LogP contribution >= 0.6 is 16.5 Å². The average Bonchev–Trinajstić information content (AvgIpc) is 2.12. The predicted octanol–water partition coefficient (Wildman–Crippen LogP) is 0.973. The molecule has 2 atom stereocenters. The molecule has 0 amide bonds. The summed E-state index contributed by atoms with van der Waals surface area (Å²) in [4.78, 5) is 19.4. The van der Waals surface area contributed by atoms with E-state index < -0.39 is 16.5 Å². The topological polar surface area (TPSA) is 98.7 Å². The molecule has 0 aromatic carbocycles. The Bertz CT molecular complexity index is 190. The average molecular weight is 296 g/mol. The quantitative estimate of drug-likeness (QED) is 0.535. The zero-order chi connectivity index (χ0) is 13.1. The van der Waals surface area contributed by atoms with Gasteiger partial charge in [0.1, 0.15) is 13.2 Å². The van der Waals surface area contributed by atoms with Gasteiger partial charge in [-0.25, -0.2) is 0 Å². The van der Waals surface area contributed by atoms with Crippen molar-refractivity contribution < 1.29 is 28.0 Å². The Morgan fingerprint density at radius 1 is 0.882 bits per heavy atom. The minimum atomic E-state index is -2.63. The smallest absolute Gasteiger partial charge is 0.566 e. The first-order valence-corrected chi connectivity index (χ1v) is 6.99. The molecule has 0 heterocycles. The van der Waals surface area contributed by atoms with Gasteiger partial charge in [0, 0.05) is 0 Å². The van der Waals surface area contributed by atoms with Gasteiger partial charge in [-0.3, -0.25) is 0 Å². The van der Waals surface area contributed by atoms with Gasteiger partial charge in [-0.15, -0.1) is 9.05 Å². The minimum Gasteiger partial charge on any atom is -0.566 e. The summed E-state index contributed by atoms with van der Waals surface area (Å²) in [5, 5.41) is 0. The molecule has 0 spiro atoms. The first-order valence-electron chi connectivity index (χ1n) is 4.80. The number of rotatable bonds is 6. The van der Waals surface area contributed by atoms with E-state index in [9.17, 15) is 18.9 Å². The van der Waals surface area contributed by atoms with Crippen LogP contribution in [0.15, 0.2) is 0 Å². The van der Waals surface area contributed by atoms with Gasteiger partial charge in [0.25, 0.3) is 0 Å². The van der Waals surface area contributed by atoms with Gasteiger partial charge in [0.05, 0.1) is 0 Å². The van der Waals surface area contributed by atoms with Crippen LogP contribution in [0, 0.1) is 11.8 Å². The molecular formula is C8H18MgO6P2+2. The molecule has 0 aliphatic rings. The Kier molecular flexibility index (Phi) is 20.1. The van der Waals surface area contributed by atoms with Gasteiger partial charge in [-0.1, -0.05) is 27.7 Å². The van der Waals surface area contributed by atoms with Crippen LogP contribution in [0.25, 0.3) is 0 Å². The molecule has 0 bridgehead atoms. The maximum absolute atomic E-state index is 9.72. The Morgan fingerprint density at radius 3 is 1.18 bits per heavy atom. The van der Waals surface area contributed by atoms with Gasteiger partial charge >= 0.3 is 39.6 Å². The fourth-order valence-electron chi connectivity index (χ4n) is 0.420. The van der Waals surface area contributed by atoms with Crippen LogP contribution in [0.5, 0.6) is 0 Å². The van der Waals surface area contributed by atoms with Gasteiger partial charge in [0.15, 0.2) is 0 Å². The van der Waals surface area contributed by atoms with Crippen LogP contribution in [-0.4, -0.2) is 36.3 Å². The molecule has 17 heavy (non-hydrogen) atoms. The van der Waals surface area contributed by atoms with Crippen molar-refractivity contribution in [1.82, 2.24) is 0 Å². The second-order valence-electron chi connectivity index (χ2n) is 3.83. The van der Waals surface area contributed by atoms with Crippen molar-refractivity contribution in [1.29, 1.82) is 0 Å². The molecule has 96 valence electrons. The summed E-state index contributed by atoms with van der Waals surface area (Å²) in [6.45, 7) is 8.13. The number of hydrogen-bond acceptors (Lipinski definition) is 6. The second-order valence-corrected chi connectivity index (χ2v) is 5.24. The Morgan fingerprint density at radius 2 is 1.12 bits per heavy atom. The van der Waals surface area contributed by atoms with Crippen molar-refractivity contribution in [2.24, 2.45) is 11.8 Å². The van der Waals surface area contributed by atoms with Crippen LogP contribution in [0.2, 0.25) is 0 Å². The van der Waals surface area contributed by atoms with Crippen LogP contribution in [0.1, 0.15) is 27.7 Å². The number of hydrogen-bond donors (Lipinski definition) is 0. The largest absolute Gasteiger partial charge is 2.00 e. The van der Waals surface area contributed by atoms with E-state index in [4.69, 9.17) is 0 Å². The summed E-state index contributed by atoms with van der Waals surface area (Å²) >= 11 is 0. The first-order chi connectivity index (χ1) is 7.25. The summed E-state index contributed by atoms with van der Waals surface area (Å²) in [5.74, 6) is 0.561. The van der Waals surface area contributed by atoms with Crippen LogP contribution in [-0.2, 0) is 18.2 Å². The molecule has 0 aliphatic heterocycles. The summed E-state index contributed by atoms with van der Waals surface area (Å²) in [6.07, 6.45) is 0. The van der Waals surface area contributed by atoms with E-state index in [0.717, 1.165) is 0 Å². The van der Waals surface area contributed by atoms with Crippen LogP contribution in [0.3, 0.4) is 0 Å². The van der Waals surface area contributed by atoms with E-state index in [1.807, 2.05) is 27.7 Å². The third-order valence-electron chi connectivity index (χ3n) is 1.03. The summed E-state index contributed by atoms with van der Waals surface area (Å²) in [7, 11) is -5.27. The Labute approximate surface area is 120 Å². The SMILES string of the molecule is CC(C)CO[P+](=O)[O-].CC(C)CO[P+](=O)[O-].[Mg+2]. The summed E-state index contributed by atoms with van der Waals surface area (Å²) in [5.41, 5.74) is 0. The maximum Gasteiger partial charge on any atom is 2.00 e. The molecule has 0 aromatic rings. The van der Waals surface area contributed by atoms with E-state index in [1.54, 1.807) is 0 Å². The van der Waals surface area contributed by atoms with Crippen molar-refractivity contribution in [2.75, 3.05) is 13.2 Å². The maximum atomic E-state index is 9.72. The predicted molar refractivity (Wildman–Crippen MR) is 62.5 cm³/mol. The Balaban J connectivity index is -0.000000218. The van der Waals surface area contributed by atoms with Gasteiger partial charge in [-0.2, -0.15) is 0 Å². The van der Waals surface area contributed by atoms with Crippen molar-refractivity contribution in [3.05, 3.63) is 0 Å². The van der Waals surface area contributed by atoms with Gasteiger partial charge < -0.3 is 9.79 Å². The van der Waals surface area contributed by atoms with Gasteiger partial charge in [0.2, 0.25) is 0 Å². The van der Waals surface area contributed by atoms with Crippen molar-refractivity contribution in [2.45, 2.75) is 27.7 Å². The molecule has 0 aliphatic carbocycles. The van der Waals surface area contributed by atoms with E-state index in [2.05, 4.69) is 9.05 Å². The molecule has 0 N–H and O–H groups in total. The first kappa shape index (κ1) is 22.9. The zero-order valence-corrected chi connectivity index (χ0v) is 13.8. The van der Waals surface area contributed by atoms with Crippen LogP contribution < -0.4 is 9.79 Å². The van der Waals surface area contributed by atoms with Crippen LogP contribution in [0.4, 0.5) is 0 Å². The molecule has 0 radical (unpaired) electrons. The molecule has 0 fully saturated rings. The van der Waals surface area contributed by atoms with Gasteiger partial charge in [-0.05, 0) is 21.0 Å². The fourth-order valence-corrected chi connectivity index (χ4v) is 1.26. The van der Waals surface area contributed by atoms with E-state index >= 15 is 0 Å². The standard InChI is InChI=1S/2C4H9O3P.Mg/c2*1-4(2)3-7-8(5)6;/h2*4H,3H2,1-2H3;/q;;+2. The summed E-state index contributed by atoms with van der Waals surface area (Å²) in [6, 6.07) is 0. The van der Waals surface area contributed by atoms with E-state index in [-0.39, 0.29) is 34.9 Å². The minimum absolute atomic E-state index is 0. The normalized spacial score (nSPS) is 11.5. The van der Waals surface area contributed by atoms with Crippen molar-refractivity contribution in [3.8, 4) is 0 Å². The molecule has 0 saturated carbocycles. The van der Waals surface area contributed by atoms with E-state index in [0.29, 0.717) is 13.2 Å². The Hall–Kier alpha value is 0.806. The molecule has 0 aromatic heterocycles. The van der Waals surface area contributed by atoms with E-state index in [1.165, 1.54) is 0 Å². The van der Waals surface area contributed by atoms with Crippen molar-refractivity contribution in [3.63, 3.8) is 0 Å². The fraction of sp³-hybridized carbons (Fsp3) is 1.00. The molecule has 9 heteroatoms. The molecular weight excluding hydrogens is 278 g/mol. The molecule has 6 nitrogen and oxygen atoms in total. The molecule has 0 saturated heterocycles. The summed E-state index contributed by atoms with van der Waals surface area (Å²) < 4.78 is 28.0. The molecule has 0 rings (SSSR count). The van der Waals surface area contributed by atoms with Crippen molar-refractivity contribution >= 4 is 39.6 Å². The monoisotopic (exact) mass is 296 g/mol. The second kappa shape index (κ2) is 14.9. The zero-order valence-electron chi connectivity index (χ0n) is 10.6. The molecule has 2 unspecified atom stereocenters.